The first kappa shape index (κ1) is 12.1. The van der Waals surface area contributed by atoms with E-state index in [0.717, 1.165) is 18.4 Å². The molecule has 0 saturated heterocycles. The summed E-state index contributed by atoms with van der Waals surface area (Å²) in [5.41, 5.74) is 1.11. The Morgan fingerprint density at radius 1 is 1.50 bits per heavy atom. The van der Waals surface area contributed by atoms with Gasteiger partial charge in [-0.25, -0.2) is 8.42 Å². The fourth-order valence-electron chi connectivity index (χ4n) is 1.75. The SMILES string of the molecule is CCCS(=O)(=O)N(Cc1ccsc1)C1CC1. The summed E-state index contributed by atoms with van der Waals surface area (Å²) in [5.74, 6) is 0.271. The summed E-state index contributed by atoms with van der Waals surface area (Å²) >= 11 is 1.62. The topological polar surface area (TPSA) is 37.4 Å². The van der Waals surface area contributed by atoms with E-state index in [0.29, 0.717) is 13.0 Å². The van der Waals surface area contributed by atoms with Crippen LogP contribution in [0.3, 0.4) is 0 Å². The molecule has 1 aromatic heterocycles. The predicted octanol–water partition coefficient (Wildman–Crippen LogP) is 2.45. The Labute approximate surface area is 101 Å². The van der Waals surface area contributed by atoms with Crippen LogP contribution in [0.2, 0.25) is 0 Å². The average Bonchev–Trinajstić information content (AvgIpc) is 2.92. The van der Waals surface area contributed by atoms with Gasteiger partial charge in [0.25, 0.3) is 0 Å². The van der Waals surface area contributed by atoms with E-state index >= 15 is 0 Å². The summed E-state index contributed by atoms with van der Waals surface area (Å²) in [6.07, 6.45) is 2.73. The lowest BCUT2D eigenvalue weighted by molar-refractivity contribution is 0.399. The van der Waals surface area contributed by atoms with Crippen molar-refractivity contribution in [2.75, 3.05) is 5.75 Å². The molecule has 3 nitrogen and oxygen atoms in total. The minimum absolute atomic E-state index is 0.261. The van der Waals surface area contributed by atoms with Gasteiger partial charge in [-0.15, -0.1) is 0 Å². The standard InChI is InChI=1S/C11H17NO2S2/c1-2-7-16(13,14)12(11-3-4-11)8-10-5-6-15-9-10/h5-6,9,11H,2-4,7-8H2,1H3. The zero-order valence-corrected chi connectivity index (χ0v) is 11.1. The first-order chi connectivity index (χ1) is 7.63. The van der Waals surface area contributed by atoms with Crippen LogP contribution in [0.4, 0.5) is 0 Å². The molecule has 2 rings (SSSR count). The van der Waals surface area contributed by atoms with E-state index in [1.54, 1.807) is 15.6 Å². The van der Waals surface area contributed by atoms with Gasteiger partial charge < -0.3 is 0 Å². The molecule has 0 N–H and O–H groups in total. The zero-order valence-electron chi connectivity index (χ0n) is 9.43. The predicted molar refractivity (Wildman–Crippen MR) is 67.0 cm³/mol. The van der Waals surface area contributed by atoms with Crippen molar-refractivity contribution in [3.05, 3.63) is 22.4 Å². The molecule has 0 spiro atoms. The highest BCUT2D eigenvalue weighted by molar-refractivity contribution is 7.89. The summed E-state index contributed by atoms with van der Waals surface area (Å²) in [6.45, 7) is 2.46. The van der Waals surface area contributed by atoms with Crippen LogP contribution >= 0.6 is 11.3 Å². The van der Waals surface area contributed by atoms with Crippen LogP contribution in [0.25, 0.3) is 0 Å². The Bertz CT molecular complexity index is 421. The van der Waals surface area contributed by atoms with Crippen molar-refractivity contribution < 1.29 is 8.42 Å². The molecule has 0 unspecified atom stereocenters. The molecular weight excluding hydrogens is 242 g/mol. The number of nitrogens with zero attached hydrogens (tertiary/aromatic N) is 1. The van der Waals surface area contributed by atoms with Crippen LogP contribution in [0.15, 0.2) is 16.8 Å². The fraction of sp³-hybridized carbons (Fsp3) is 0.636. The zero-order chi connectivity index (χ0) is 11.6. The lowest BCUT2D eigenvalue weighted by Crippen LogP contribution is -2.34. The quantitative estimate of drug-likeness (QED) is 0.787. The van der Waals surface area contributed by atoms with Gasteiger partial charge in [0.15, 0.2) is 0 Å². The second-order valence-corrected chi connectivity index (χ2v) is 7.05. The molecular formula is C11H17NO2S2. The summed E-state index contributed by atoms with van der Waals surface area (Å²) in [4.78, 5) is 0. The third kappa shape index (κ3) is 2.84. The average molecular weight is 259 g/mol. The number of hydrogen-bond donors (Lipinski definition) is 0. The second-order valence-electron chi connectivity index (χ2n) is 4.22. The minimum Gasteiger partial charge on any atom is -0.212 e. The van der Waals surface area contributed by atoms with Gasteiger partial charge in [0.2, 0.25) is 10.0 Å². The highest BCUT2D eigenvalue weighted by atomic mass is 32.2. The van der Waals surface area contributed by atoms with Gasteiger partial charge in [-0.05, 0) is 41.7 Å². The van der Waals surface area contributed by atoms with E-state index in [4.69, 9.17) is 0 Å². The molecule has 5 heteroatoms. The Morgan fingerprint density at radius 3 is 2.75 bits per heavy atom. The smallest absolute Gasteiger partial charge is 0.212 e. The Hall–Kier alpha value is -0.390. The minimum atomic E-state index is -3.05. The van der Waals surface area contributed by atoms with Crippen molar-refractivity contribution in [1.29, 1.82) is 0 Å². The Morgan fingerprint density at radius 2 is 2.25 bits per heavy atom. The maximum Gasteiger partial charge on any atom is 0.214 e. The van der Waals surface area contributed by atoms with Crippen LogP contribution in [-0.2, 0) is 16.6 Å². The van der Waals surface area contributed by atoms with E-state index in [1.807, 2.05) is 23.8 Å². The molecule has 1 aromatic rings. The molecule has 16 heavy (non-hydrogen) atoms. The van der Waals surface area contributed by atoms with Crippen molar-refractivity contribution in [3.63, 3.8) is 0 Å². The maximum absolute atomic E-state index is 12.1. The van der Waals surface area contributed by atoms with E-state index < -0.39 is 10.0 Å². The molecule has 0 amide bonds. The molecule has 0 atom stereocenters. The third-order valence-corrected chi connectivity index (χ3v) is 5.49. The van der Waals surface area contributed by atoms with Gasteiger partial charge in [0.05, 0.1) is 5.75 Å². The van der Waals surface area contributed by atoms with Crippen LogP contribution in [0.1, 0.15) is 31.7 Å². The van der Waals surface area contributed by atoms with Crippen molar-refractivity contribution in [1.82, 2.24) is 4.31 Å². The molecule has 1 fully saturated rings. The summed E-state index contributed by atoms with van der Waals surface area (Å²) in [7, 11) is -3.05. The summed E-state index contributed by atoms with van der Waals surface area (Å²) in [6, 6.07) is 2.26. The molecule has 1 aliphatic carbocycles. The summed E-state index contributed by atoms with van der Waals surface area (Å²) in [5, 5.41) is 4.02. The molecule has 0 aliphatic heterocycles. The molecule has 0 bridgehead atoms. The fourth-order valence-corrected chi connectivity index (χ4v) is 4.18. The number of sulfonamides is 1. The van der Waals surface area contributed by atoms with Gasteiger partial charge in [-0.3, -0.25) is 0 Å². The van der Waals surface area contributed by atoms with Gasteiger partial charge in [-0.1, -0.05) is 6.92 Å². The van der Waals surface area contributed by atoms with Gasteiger partial charge in [0, 0.05) is 12.6 Å². The highest BCUT2D eigenvalue weighted by Gasteiger charge is 2.36. The van der Waals surface area contributed by atoms with Crippen LogP contribution < -0.4 is 0 Å². The molecule has 0 radical (unpaired) electrons. The number of thiophene rings is 1. The molecule has 1 heterocycles. The Balaban J connectivity index is 2.11. The van der Waals surface area contributed by atoms with Crippen molar-refractivity contribution in [2.24, 2.45) is 0 Å². The van der Waals surface area contributed by atoms with Crippen molar-refractivity contribution in [3.8, 4) is 0 Å². The van der Waals surface area contributed by atoms with Crippen LogP contribution in [0, 0.1) is 0 Å². The van der Waals surface area contributed by atoms with E-state index in [9.17, 15) is 8.42 Å². The Kier molecular flexibility index (Phi) is 3.66. The first-order valence-electron chi connectivity index (χ1n) is 5.64. The van der Waals surface area contributed by atoms with Crippen molar-refractivity contribution >= 4 is 21.4 Å². The summed E-state index contributed by atoms with van der Waals surface area (Å²) < 4.78 is 25.8. The van der Waals surface area contributed by atoms with E-state index in [2.05, 4.69) is 0 Å². The largest absolute Gasteiger partial charge is 0.214 e. The van der Waals surface area contributed by atoms with Gasteiger partial charge in [0.1, 0.15) is 0 Å². The second kappa shape index (κ2) is 4.85. The third-order valence-electron chi connectivity index (χ3n) is 2.69. The van der Waals surface area contributed by atoms with Gasteiger partial charge >= 0.3 is 0 Å². The van der Waals surface area contributed by atoms with Crippen LogP contribution in [-0.4, -0.2) is 24.5 Å². The number of hydrogen-bond acceptors (Lipinski definition) is 3. The monoisotopic (exact) mass is 259 g/mol. The van der Waals surface area contributed by atoms with Crippen LogP contribution in [0.5, 0.6) is 0 Å². The highest BCUT2D eigenvalue weighted by Crippen LogP contribution is 2.31. The maximum atomic E-state index is 12.1. The molecule has 0 aromatic carbocycles. The van der Waals surface area contributed by atoms with E-state index in [1.165, 1.54) is 0 Å². The number of rotatable bonds is 6. The van der Waals surface area contributed by atoms with Crippen molar-refractivity contribution in [2.45, 2.75) is 38.8 Å². The normalized spacial score (nSPS) is 16.9. The lowest BCUT2D eigenvalue weighted by Gasteiger charge is -2.21. The first-order valence-corrected chi connectivity index (χ1v) is 8.19. The van der Waals surface area contributed by atoms with E-state index in [-0.39, 0.29) is 11.8 Å². The molecule has 90 valence electrons. The van der Waals surface area contributed by atoms with Gasteiger partial charge in [-0.2, -0.15) is 15.6 Å². The lowest BCUT2D eigenvalue weighted by atomic mass is 10.3. The molecule has 1 saturated carbocycles. The molecule has 1 aliphatic rings.